The van der Waals surface area contributed by atoms with Crippen molar-refractivity contribution >= 4 is 17.8 Å². The van der Waals surface area contributed by atoms with Gasteiger partial charge in [-0.25, -0.2) is 0 Å². The standard InChI is InChI=1S/C11H20N2O5/c1-11(2,3)13(6-9(16)17)10(18)7(12)4-5-8(14)15/h7H,4-6,12H2,1-3H3,(H,14,15)(H,16,17). The van der Waals surface area contributed by atoms with Gasteiger partial charge in [0.25, 0.3) is 0 Å². The van der Waals surface area contributed by atoms with Gasteiger partial charge in [0.1, 0.15) is 6.54 Å². The van der Waals surface area contributed by atoms with E-state index in [1.807, 2.05) is 0 Å². The molecule has 0 aromatic heterocycles. The molecule has 1 amide bonds. The van der Waals surface area contributed by atoms with Crippen molar-refractivity contribution in [3.63, 3.8) is 0 Å². The Labute approximate surface area is 106 Å². The highest BCUT2D eigenvalue weighted by Crippen LogP contribution is 2.15. The highest BCUT2D eigenvalue weighted by atomic mass is 16.4. The monoisotopic (exact) mass is 260 g/mol. The van der Waals surface area contributed by atoms with E-state index in [0.717, 1.165) is 4.90 Å². The van der Waals surface area contributed by atoms with E-state index < -0.39 is 36.0 Å². The van der Waals surface area contributed by atoms with E-state index in [4.69, 9.17) is 15.9 Å². The molecule has 0 bridgehead atoms. The highest BCUT2D eigenvalue weighted by molar-refractivity contribution is 5.86. The summed E-state index contributed by atoms with van der Waals surface area (Å²) in [5.41, 5.74) is 4.91. The molecule has 1 atom stereocenters. The normalized spacial score (nSPS) is 12.9. The number of carbonyl (C=O) groups is 3. The number of hydrogen-bond donors (Lipinski definition) is 3. The van der Waals surface area contributed by atoms with Crippen LogP contribution in [0.1, 0.15) is 33.6 Å². The van der Waals surface area contributed by atoms with Gasteiger partial charge in [-0.2, -0.15) is 0 Å². The van der Waals surface area contributed by atoms with Gasteiger partial charge in [0.05, 0.1) is 6.04 Å². The predicted molar refractivity (Wildman–Crippen MR) is 63.9 cm³/mol. The van der Waals surface area contributed by atoms with Crippen molar-refractivity contribution < 1.29 is 24.6 Å². The average Bonchev–Trinajstić information content (AvgIpc) is 2.19. The van der Waals surface area contributed by atoms with E-state index in [1.54, 1.807) is 20.8 Å². The molecule has 0 saturated carbocycles. The lowest BCUT2D eigenvalue weighted by atomic mass is 10.0. The van der Waals surface area contributed by atoms with Gasteiger partial charge in [0, 0.05) is 12.0 Å². The lowest BCUT2D eigenvalue weighted by molar-refractivity contribution is -0.149. The van der Waals surface area contributed by atoms with Crippen LogP contribution in [0.4, 0.5) is 0 Å². The molecule has 7 nitrogen and oxygen atoms in total. The third-order valence-electron chi connectivity index (χ3n) is 2.36. The number of nitrogens with zero attached hydrogens (tertiary/aromatic N) is 1. The molecule has 0 aromatic carbocycles. The van der Waals surface area contributed by atoms with Crippen molar-refractivity contribution in [2.24, 2.45) is 5.73 Å². The van der Waals surface area contributed by atoms with Crippen molar-refractivity contribution in [3.05, 3.63) is 0 Å². The molecule has 0 heterocycles. The maximum absolute atomic E-state index is 12.0. The van der Waals surface area contributed by atoms with Gasteiger partial charge in [-0.05, 0) is 27.2 Å². The van der Waals surface area contributed by atoms with Crippen LogP contribution in [0.15, 0.2) is 0 Å². The minimum Gasteiger partial charge on any atom is -0.481 e. The average molecular weight is 260 g/mol. The maximum Gasteiger partial charge on any atom is 0.323 e. The van der Waals surface area contributed by atoms with Crippen LogP contribution in [-0.4, -0.2) is 51.1 Å². The predicted octanol–water partition coefficient (Wildman–Crippen LogP) is -0.110. The molecule has 1 unspecified atom stereocenters. The van der Waals surface area contributed by atoms with E-state index in [9.17, 15) is 14.4 Å². The van der Waals surface area contributed by atoms with E-state index >= 15 is 0 Å². The van der Waals surface area contributed by atoms with E-state index in [2.05, 4.69) is 0 Å². The summed E-state index contributed by atoms with van der Waals surface area (Å²) >= 11 is 0. The molecular formula is C11H20N2O5. The van der Waals surface area contributed by atoms with Gasteiger partial charge in [-0.3, -0.25) is 14.4 Å². The van der Waals surface area contributed by atoms with Crippen molar-refractivity contribution in [3.8, 4) is 0 Å². The number of rotatable bonds is 6. The summed E-state index contributed by atoms with van der Waals surface area (Å²) in [5.74, 6) is -2.73. The number of carboxylic acids is 2. The SMILES string of the molecule is CC(C)(C)N(CC(=O)O)C(=O)C(N)CCC(=O)O. The van der Waals surface area contributed by atoms with Crippen molar-refractivity contribution in [1.29, 1.82) is 0 Å². The molecular weight excluding hydrogens is 240 g/mol. The van der Waals surface area contributed by atoms with Crippen LogP contribution in [0.25, 0.3) is 0 Å². The zero-order valence-electron chi connectivity index (χ0n) is 10.8. The first kappa shape index (κ1) is 16.4. The Morgan fingerprint density at radius 2 is 1.67 bits per heavy atom. The van der Waals surface area contributed by atoms with Gasteiger partial charge in [-0.1, -0.05) is 0 Å². The molecule has 0 aliphatic carbocycles. The molecule has 0 rings (SSSR count). The fourth-order valence-electron chi connectivity index (χ4n) is 1.38. The summed E-state index contributed by atoms with van der Waals surface area (Å²) in [4.78, 5) is 34.2. The van der Waals surface area contributed by atoms with E-state index in [0.29, 0.717) is 0 Å². The Balaban J connectivity index is 4.74. The summed E-state index contributed by atoms with van der Waals surface area (Å²) in [6.45, 7) is 4.62. The third-order valence-corrected chi connectivity index (χ3v) is 2.36. The van der Waals surface area contributed by atoms with Crippen molar-refractivity contribution in [2.45, 2.75) is 45.2 Å². The van der Waals surface area contributed by atoms with Crippen LogP contribution in [-0.2, 0) is 14.4 Å². The fourth-order valence-corrected chi connectivity index (χ4v) is 1.38. The molecule has 0 aliphatic rings. The highest BCUT2D eigenvalue weighted by Gasteiger charge is 2.31. The fraction of sp³-hybridized carbons (Fsp3) is 0.727. The largest absolute Gasteiger partial charge is 0.481 e. The minimum absolute atomic E-state index is 0.0135. The smallest absolute Gasteiger partial charge is 0.323 e. The van der Waals surface area contributed by atoms with Gasteiger partial charge >= 0.3 is 11.9 Å². The molecule has 7 heteroatoms. The van der Waals surface area contributed by atoms with E-state index in [-0.39, 0.29) is 12.8 Å². The number of carbonyl (C=O) groups excluding carboxylic acids is 1. The first-order chi connectivity index (χ1) is 8.05. The maximum atomic E-state index is 12.0. The Morgan fingerprint density at radius 1 is 1.17 bits per heavy atom. The summed E-state index contributed by atoms with van der Waals surface area (Å²) < 4.78 is 0. The Kier molecular flexibility index (Phi) is 5.77. The van der Waals surface area contributed by atoms with Crippen LogP contribution >= 0.6 is 0 Å². The van der Waals surface area contributed by atoms with Crippen LogP contribution in [0.2, 0.25) is 0 Å². The summed E-state index contributed by atoms with van der Waals surface area (Å²) in [6.07, 6.45) is -0.238. The quantitative estimate of drug-likeness (QED) is 0.612. The molecule has 0 aromatic rings. The van der Waals surface area contributed by atoms with Gasteiger partial charge in [0.2, 0.25) is 5.91 Å². The first-order valence-electron chi connectivity index (χ1n) is 5.56. The Hall–Kier alpha value is -1.63. The summed E-state index contributed by atoms with van der Waals surface area (Å²) in [6, 6.07) is -1.00. The Morgan fingerprint density at radius 3 is 2.00 bits per heavy atom. The molecule has 0 fully saturated rings. The molecule has 4 N–H and O–H groups in total. The van der Waals surface area contributed by atoms with Crippen LogP contribution in [0.5, 0.6) is 0 Å². The molecule has 0 saturated heterocycles. The topological polar surface area (TPSA) is 121 Å². The van der Waals surface area contributed by atoms with Gasteiger partial charge in [0.15, 0.2) is 0 Å². The second-order valence-corrected chi connectivity index (χ2v) is 5.03. The lowest BCUT2D eigenvalue weighted by Gasteiger charge is -2.36. The summed E-state index contributed by atoms with van der Waals surface area (Å²) in [7, 11) is 0. The van der Waals surface area contributed by atoms with Crippen molar-refractivity contribution in [1.82, 2.24) is 4.90 Å². The zero-order valence-corrected chi connectivity index (χ0v) is 10.8. The Bertz CT molecular complexity index is 335. The molecule has 0 radical (unpaired) electrons. The van der Waals surface area contributed by atoms with Gasteiger partial charge < -0.3 is 20.8 Å². The van der Waals surface area contributed by atoms with Crippen LogP contribution in [0.3, 0.4) is 0 Å². The molecule has 0 aliphatic heterocycles. The summed E-state index contributed by atoms with van der Waals surface area (Å²) in [5, 5.41) is 17.3. The lowest BCUT2D eigenvalue weighted by Crippen LogP contribution is -2.54. The van der Waals surface area contributed by atoms with Crippen molar-refractivity contribution in [2.75, 3.05) is 6.54 Å². The van der Waals surface area contributed by atoms with Crippen LogP contribution in [0, 0.1) is 0 Å². The molecule has 18 heavy (non-hydrogen) atoms. The number of aliphatic carboxylic acids is 2. The zero-order chi connectivity index (χ0) is 14.5. The molecule has 0 spiro atoms. The van der Waals surface area contributed by atoms with Crippen LogP contribution < -0.4 is 5.73 Å². The van der Waals surface area contributed by atoms with E-state index in [1.165, 1.54) is 0 Å². The minimum atomic E-state index is -1.14. The number of nitrogens with two attached hydrogens (primary N) is 1. The number of carboxylic acid groups (broad SMARTS) is 2. The number of amides is 1. The second kappa shape index (κ2) is 6.34. The molecule has 104 valence electrons. The number of hydrogen-bond acceptors (Lipinski definition) is 4. The van der Waals surface area contributed by atoms with Gasteiger partial charge in [-0.15, -0.1) is 0 Å². The first-order valence-corrected chi connectivity index (χ1v) is 5.56. The second-order valence-electron chi connectivity index (χ2n) is 5.03. The third kappa shape index (κ3) is 5.62.